The van der Waals surface area contributed by atoms with E-state index in [0.717, 1.165) is 17.9 Å². The minimum Gasteiger partial charge on any atom is -0.384 e. The molecule has 0 bridgehead atoms. The second-order valence-corrected chi connectivity index (χ2v) is 4.10. The van der Waals surface area contributed by atoms with Crippen LogP contribution in [0.3, 0.4) is 0 Å². The van der Waals surface area contributed by atoms with Gasteiger partial charge in [-0.05, 0) is 19.1 Å². The number of nitrogen functional groups attached to an aromatic ring is 1. The molecule has 0 aliphatic rings. The van der Waals surface area contributed by atoms with Crippen molar-refractivity contribution in [1.29, 1.82) is 0 Å². The number of hydrogen-bond acceptors (Lipinski definition) is 4. The second-order valence-electron chi connectivity index (χ2n) is 3.02. The van der Waals surface area contributed by atoms with E-state index in [-0.39, 0.29) is 0 Å². The predicted molar refractivity (Wildman–Crippen MR) is 63.7 cm³/mol. The Morgan fingerprint density at radius 2 is 2.29 bits per heavy atom. The molecule has 4 N–H and O–H groups in total. The van der Waals surface area contributed by atoms with Crippen LogP contribution in [0.4, 0.5) is 10.8 Å². The summed E-state index contributed by atoms with van der Waals surface area (Å²) in [6.45, 7) is 3.03. The number of anilines is 2. The molecular weight excluding hydrogens is 196 g/mol. The summed E-state index contributed by atoms with van der Waals surface area (Å²) in [5.74, 6) is 0.747. The van der Waals surface area contributed by atoms with Gasteiger partial charge < -0.3 is 16.5 Å². The lowest BCUT2D eigenvalue weighted by molar-refractivity contribution is 0.990. The molecule has 2 rings (SSSR count). The molecule has 4 nitrogen and oxygen atoms in total. The molecule has 2 heterocycles. The Bertz CT molecular complexity index is 443. The van der Waals surface area contributed by atoms with Gasteiger partial charge in [-0.2, -0.15) is 0 Å². The van der Waals surface area contributed by atoms with Crippen LogP contribution in [0.5, 0.6) is 0 Å². The molecular formula is C9H14N4S. The third kappa shape index (κ3) is 1.29. The summed E-state index contributed by atoms with van der Waals surface area (Å²) in [6, 6.07) is 4.09. The van der Waals surface area contributed by atoms with Gasteiger partial charge in [0, 0.05) is 13.6 Å². The van der Waals surface area contributed by atoms with E-state index < -0.39 is 0 Å². The van der Waals surface area contributed by atoms with Crippen LogP contribution >= 0.6 is 11.3 Å². The summed E-state index contributed by atoms with van der Waals surface area (Å²) in [5.41, 5.74) is 9.99. The maximum absolute atomic E-state index is 5.82. The highest BCUT2D eigenvalue weighted by molar-refractivity contribution is 7.22. The molecule has 0 saturated carbocycles. The highest BCUT2D eigenvalue weighted by Gasteiger charge is 2.08. The molecule has 0 aliphatic heterocycles. The Kier molecular flexibility index (Phi) is 2.25. The molecule has 2 aromatic heterocycles. The van der Waals surface area contributed by atoms with Gasteiger partial charge >= 0.3 is 0 Å². The summed E-state index contributed by atoms with van der Waals surface area (Å²) in [7, 11) is 1.86. The molecule has 0 unspecified atom stereocenters. The van der Waals surface area contributed by atoms with Crippen molar-refractivity contribution in [2.45, 2.75) is 6.92 Å². The average Bonchev–Trinajstić information content (AvgIpc) is 2.61. The van der Waals surface area contributed by atoms with E-state index in [4.69, 9.17) is 5.73 Å². The number of rotatable bonds is 3. The Balaban J connectivity index is 2.51. The van der Waals surface area contributed by atoms with E-state index in [0.29, 0.717) is 0 Å². The van der Waals surface area contributed by atoms with Crippen molar-refractivity contribution in [1.82, 2.24) is 4.68 Å². The minimum absolute atomic E-state index is 0.747. The molecule has 0 amide bonds. The number of aromatic nitrogens is 1. The summed E-state index contributed by atoms with van der Waals surface area (Å²) in [5, 5.41) is 4.47. The van der Waals surface area contributed by atoms with Gasteiger partial charge in [-0.25, -0.2) is 4.68 Å². The van der Waals surface area contributed by atoms with Crippen LogP contribution in [0.1, 0.15) is 6.92 Å². The summed E-state index contributed by atoms with van der Waals surface area (Å²) in [6.07, 6.45) is 0. The monoisotopic (exact) mass is 210 g/mol. The highest BCUT2D eigenvalue weighted by Crippen LogP contribution is 2.32. The maximum Gasteiger partial charge on any atom is 0.124 e. The van der Waals surface area contributed by atoms with Gasteiger partial charge in [-0.3, -0.25) is 0 Å². The molecule has 14 heavy (non-hydrogen) atoms. The number of nitrogens with one attached hydrogen (secondary N) is 2. The topological polar surface area (TPSA) is 55.0 Å². The van der Waals surface area contributed by atoms with Crippen molar-refractivity contribution in [3.63, 3.8) is 0 Å². The fraction of sp³-hybridized carbons (Fsp3) is 0.333. The molecule has 0 spiro atoms. The van der Waals surface area contributed by atoms with E-state index in [2.05, 4.69) is 23.7 Å². The predicted octanol–water partition coefficient (Wildman–Crippen LogP) is 1.89. The number of thiophene rings is 1. The number of nitrogens with two attached hydrogens (primary N) is 1. The van der Waals surface area contributed by atoms with Crippen LogP contribution in [-0.4, -0.2) is 18.3 Å². The average molecular weight is 210 g/mol. The maximum atomic E-state index is 5.82. The van der Waals surface area contributed by atoms with Crippen molar-refractivity contribution in [3.8, 4) is 0 Å². The summed E-state index contributed by atoms with van der Waals surface area (Å²) >= 11 is 1.72. The van der Waals surface area contributed by atoms with E-state index in [9.17, 15) is 0 Å². The Labute approximate surface area is 86.7 Å². The van der Waals surface area contributed by atoms with Crippen LogP contribution in [-0.2, 0) is 0 Å². The molecule has 0 saturated heterocycles. The zero-order valence-electron chi connectivity index (χ0n) is 8.29. The number of nitrogens with zero attached hydrogens (tertiary/aromatic N) is 1. The molecule has 0 radical (unpaired) electrons. The van der Waals surface area contributed by atoms with Gasteiger partial charge in [0.25, 0.3) is 0 Å². The van der Waals surface area contributed by atoms with Crippen molar-refractivity contribution >= 4 is 32.4 Å². The number of fused-ring (bicyclic) bond motifs is 1. The van der Waals surface area contributed by atoms with E-state index in [1.54, 1.807) is 11.3 Å². The first-order valence-electron chi connectivity index (χ1n) is 4.58. The zero-order chi connectivity index (χ0) is 10.1. The first-order valence-corrected chi connectivity index (χ1v) is 5.40. The van der Waals surface area contributed by atoms with Crippen LogP contribution in [0.2, 0.25) is 0 Å². The fourth-order valence-corrected chi connectivity index (χ4v) is 2.58. The largest absolute Gasteiger partial charge is 0.384 e. The smallest absolute Gasteiger partial charge is 0.124 e. The van der Waals surface area contributed by atoms with Gasteiger partial charge in [0.15, 0.2) is 0 Å². The SMILES string of the molecule is CCNc1cc2c(cc(N)n2NC)s1. The van der Waals surface area contributed by atoms with Crippen molar-refractivity contribution < 1.29 is 0 Å². The lowest BCUT2D eigenvalue weighted by atomic mass is 10.5. The summed E-state index contributed by atoms with van der Waals surface area (Å²) < 4.78 is 3.08. The number of hydrogen-bond donors (Lipinski definition) is 3. The van der Waals surface area contributed by atoms with Crippen LogP contribution in [0.25, 0.3) is 10.2 Å². The third-order valence-electron chi connectivity index (χ3n) is 2.09. The van der Waals surface area contributed by atoms with E-state index in [1.807, 2.05) is 17.8 Å². The van der Waals surface area contributed by atoms with Gasteiger partial charge in [0.1, 0.15) is 5.82 Å². The highest BCUT2D eigenvalue weighted by atomic mass is 32.1. The molecule has 0 aromatic carbocycles. The van der Waals surface area contributed by atoms with E-state index in [1.165, 1.54) is 9.70 Å². The molecule has 0 aliphatic carbocycles. The first kappa shape index (κ1) is 9.21. The zero-order valence-corrected chi connectivity index (χ0v) is 9.11. The fourth-order valence-electron chi connectivity index (χ4n) is 1.52. The summed E-state index contributed by atoms with van der Waals surface area (Å²) in [4.78, 5) is 0. The van der Waals surface area contributed by atoms with Crippen molar-refractivity contribution in [3.05, 3.63) is 12.1 Å². The van der Waals surface area contributed by atoms with E-state index >= 15 is 0 Å². The second kappa shape index (κ2) is 3.42. The molecule has 5 heteroatoms. The minimum atomic E-state index is 0.747. The molecule has 0 fully saturated rings. The van der Waals surface area contributed by atoms with Gasteiger partial charge in [-0.1, -0.05) is 0 Å². The standard InChI is InChI=1S/C9H14N4S/c1-3-12-9-4-6-7(14-9)5-8(10)13(6)11-2/h4-5,11-12H,3,10H2,1-2H3. The van der Waals surface area contributed by atoms with Crippen molar-refractivity contribution in [2.75, 3.05) is 30.1 Å². The molecule has 2 aromatic rings. The molecule has 0 atom stereocenters. The van der Waals surface area contributed by atoms with Crippen LogP contribution in [0, 0.1) is 0 Å². The lowest BCUT2D eigenvalue weighted by Crippen LogP contribution is -2.10. The van der Waals surface area contributed by atoms with Crippen LogP contribution < -0.4 is 16.5 Å². The lowest BCUT2D eigenvalue weighted by Gasteiger charge is -2.04. The third-order valence-corrected chi connectivity index (χ3v) is 3.12. The van der Waals surface area contributed by atoms with Crippen molar-refractivity contribution in [2.24, 2.45) is 0 Å². The quantitative estimate of drug-likeness (QED) is 0.725. The van der Waals surface area contributed by atoms with Gasteiger partial charge in [0.2, 0.25) is 0 Å². The Hall–Kier alpha value is -1.36. The Morgan fingerprint density at radius 3 is 2.93 bits per heavy atom. The first-order chi connectivity index (χ1) is 6.76. The normalized spacial score (nSPS) is 10.7. The van der Waals surface area contributed by atoms with Gasteiger partial charge in [0.05, 0.1) is 15.2 Å². The Morgan fingerprint density at radius 1 is 1.50 bits per heavy atom. The van der Waals surface area contributed by atoms with Gasteiger partial charge in [-0.15, -0.1) is 11.3 Å². The molecule has 76 valence electrons. The van der Waals surface area contributed by atoms with Crippen LogP contribution in [0.15, 0.2) is 12.1 Å².